The average molecular weight is 219 g/mol. The van der Waals surface area contributed by atoms with Gasteiger partial charge in [0.2, 0.25) is 0 Å². The van der Waals surface area contributed by atoms with E-state index in [1.807, 2.05) is 36.1 Å². The molecule has 4 nitrogen and oxygen atoms in total. The molecule has 1 atom stereocenters. The summed E-state index contributed by atoms with van der Waals surface area (Å²) in [6, 6.07) is 6.19. The van der Waals surface area contributed by atoms with E-state index in [9.17, 15) is 0 Å². The van der Waals surface area contributed by atoms with Crippen molar-refractivity contribution >= 4 is 0 Å². The van der Waals surface area contributed by atoms with E-state index in [1.54, 1.807) is 6.26 Å². The molecular weight excluding hydrogens is 202 g/mol. The van der Waals surface area contributed by atoms with Crippen molar-refractivity contribution in [1.29, 1.82) is 0 Å². The fraction of sp³-hybridized carbons (Fsp3) is 0.417. The van der Waals surface area contributed by atoms with E-state index < -0.39 is 0 Å². The van der Waals surface area contributed by atoms with Crippen LogP contribution in [0.15, 0.2) is 35.1 Å². The van der Waals surface area contributed by atoms with Crippen LogP contribution in [0.25, 0.3) is 0 Å². The van der Waals surface area contributed by atoms with Crippen LogP contribution in [-0.4, -0.2) is 9.78 Å². The maximum atomic E-state index is 5.39. The lowest BCUT2D eigenvalue weighted by atomic mass is 10.1. The van der Waals surface area contributed by atoms with Gasteiger partial charge in [0.1, 0.15) is 5.76 Å². The summed E-state index contributed by atoms with van der Waals surface area (Å²) in [6.07, 6.45) is 4.66. The van der Waals surface area contributed by atoms with Crippen molar-refractivity contribution in [2.24, 2.45) is 7.05 Å². The van der Waals surface area contributed by atoms with Crippen LogP contribution in [0.4, 0.5) is 0 Å². The van der Waals surface area contributed by atoms with Crippen LogP contribution in [-0.2, 0) is 13.6 Å². The Bertz CT molecular complexity index is 419. The van der Waals surface area contributed by atoms with E-state index in [0.717, 1.165) is 24.4 Å². The molecular formula is C12H17N3O. The second-order valence-corrected chi connectivity index (χ2v) is 3.84. The lowest BCUT2D eigenvalue weighted by molar-refractivity contribution is 0.401. The molecule has 1 unspecified atom stereocenters. The molecule has 2 rings (SSSR count). The first-order chi connectivity index (χ1) is 7.79. The molecule has 4 heteroatoms. The third-order valence-corrected chi connectivity index (χ3v) is 2.59. The van der Waals surface area contributed by atoms with Gasteiger partial charge in [-0.05, 0) is 24.6 Å². The first-order valence-electron chi connectivity index (χ1n) is 5.55. The Morgan fingerprint density at radius 1 is 1.50 bits per heavy atom. The van der Waals surface area contributed by atoms with Gasteiger partial charge in [-0.25, -0.2) is 0 Å². The molecule has 0 aliphatic carbocycles. The minimum absolute atomic E-state index is 0.261. The number of hydrogen-bond acceptors (Lipinski definition) is 3. The van der Waals surface area contributed by atoms with Gasteiger partial charge in [-0.15, -0.1) is 0 Å². The quantitative estimate of drug-likeness (QED) is 0.838. The number of rotatable bonds is 5. The van der Waals surface area contributed by atoms with Gasteiger partial charge < -0.3 is 9.73 Å². The SMILES string of the molecule is CCC(NCc1ccn(C)n1)c1ccco1. The van der Waals surface area contributed by atoms with Gasteiger partial charge >= 0.3 is 0 Å². The highest BCUT2D eigenvalue weighted by atomic mass is 16.3. The molecule has 0 radical (unpaired) electrons. The Hall–Kier alpha value is -1.55. The molecule has 0 saturated heterocycles. The van der Waals surface area contributed by atoms with Gasteiger partial charge in [-0.1, -0.05) is 6.92 Å². The standard InChI is InChI=1S/C12H17N3O/c1-3-11(12-5-4-8-16-12)13-9-10-6-7-15(2)14-10/h4-8,11,13H,3,9H2,1-2H3. The van der Waals surface area contributed by atoms with Crippen molar-refractivity contribution in [1.82, 2.24) is 15.1 Å². The molecule has 86 valence electrons. The second-order valence-electron chi connectivity index (χ2n) is 3.84. The minimum atomic E-state index is 0.261. The first kappa shape index (κ1) is 11.0. The molecule has 2 heterocycles. The lowest BCUT2D eigenvalue weighted by Gasteiger charge is -2.13. The van der Waals surface area contributed by atoms with Gasteiger partial charge in [0.05, 0.1) is 18.0 Å². The van der Waals surface area contributed by atoms with Gasteiger partial charge in [0, 0.05) is 19.8 Å². The van der Waals surface area contributed by atoms with Crippen LogP contribution in [0.2, 0.25) is 0 Å². The fourth-order valence-corrected chi connectivity index (χ4v) is 1.72. The molecule has 0 fully saturated rings. The van der Waals surface area contributed by atoms with Gasteiger partial charge in [-0.2, -0.15) is 5.10 Å². The molecule has 0 aliphatic heterocycles. The zero-order valence-electron chi connectivity index (χ0n) is 9.68. The third kappa shape index (κ3) is 2.52. The molecule has 0 saturated carbocycles. The summed E-state index contributed by atoms with van der Waals surface area (Å²) in [6.45, 7) is 2.90. The molecule has 0 aromatic carbocycles. The maximum Gasteiger partial charge on any atom is 0.120 e. The molecule has 16 heavy (non-hydrogen) atoms. The Kier molecular flexibility index (Phi) is 3.41. The molecule has 0 bridgehead atoms. The third-order valence-electron chi connectivity index (χ3n) is 2.59. The number of aromatic nitrogens is 2. The van der Waals surface area contributed by atoms with Crippen molar-refractivity contribution in [2.75, 3.05) is 0 Å². The van der Waals surface area contributed by atoms with Crippen molar-refractivity contribution in [2.45, 2.75) is 25.9 Å². The van der Waals surface area contributed by atoms with Crippen molar-refractivity contribution < 1.29 is 4.42 Å². The van der Waals surface area contributed by atoms with Crippen LogP contribution < -0.4 is 5.32 Å². The highest BCUT2D eigenvalue weighted by Gasteiger charge is 2.11. The van der Waals surface area contributed by atoms with Crippen LogP contribution >= 0.6 is 0 Å². The fourth-order valence-electron chi connectivity index (χ4n) is 1.72. The molecule has 2 aromatic rings. The Balaban J connectivity index is 1.93. The number of hydrogen-bond donors (Lipinski definition) is 1. The molecule has 0 aliphatic rings. The molecule has 1 N–H and O–H groups in total. The van der Waals surface area contributed by atoms with E-state index in [2.05, 4.69) is 17.3 Å². The number of nitrogens with zero attached hydrogens (tertiary/aromatic N) is 2. The molecule has 0 spiro atoms. The highest BCUT2D eigenvalue weighted by Crippen LogP contribution is 2.17. The van der Waals surface area contributed by atoms with Crippen molar-refractivity contribution in [3.63, 3.8) is 0 Å². The average Bonchev–Trinajstić information content (AvgIpc) is 2.91. The maximum absolute atomic E-state index is 5.39. The van der Waals surface area contributed by atoms with E-state index in [0.29, 0.717) is 0 Å². The van der Waals surface area contributed by atoms with Crippen LogP contribution in [0.3, 0.4) is 0 Å². The predicted molar refractivity (Wildman–Crippen MR) is 61.8 cm³/mol. The molecule has 0 amide bonds. The van der Waals surface area contributed by atoms with Gasteiger partial charge in [-0.3, -0.25) is 4.68 Å². The topological polar surface area (TPSA) is 43.0 Å². The van der Waals surface area contributed by atoms with Crippen molar-refractivity contribution in [3.05, 3.63) is 42.1 Å². The number of nitrogens with one attached hydrogen (secondary N) is 1. The van der Waals surface area contributed by atoms with Crippen LogP contribution in [0.1, 0.15) is 30.8 Å². The van der Waals surface area contributed by atoms with E-state index in [-0.39, 0.29) is 6.04 Å². The van der Waals surface area contributed by atoms with Crippen LogP contribution in [0, 0.1) is 0 Å². The summed E-state index contributed by atoms with van der Waals surface area (Å²) >= 11 is 0. The zero-order valence-corrected chi connectivity index (χ0v) is 9.68. The number of aryl methyl sites for hydroxylation is 1. The highest BCUT2D eigenvalue weighted by molar-refractivity contribution is 5.05. The Morgan fingerprint density at radius 3 is 2.94 bits per heavy atom. The van der Waals surface area contributed by atoms with Gasteiger partial charge in [0.25, 0.3) is 0 Å². The Labute approximate surface area is 95.3 Å². The van der Waals surface area contributed by atoms with Crippen molar-refractivity contribution in [3.8, 4) is 0 Å². The smallest absolute Gasteiger partial charge is 0.120 e. The minimum Gasteiger partial charge on any atom is -0.468 e. The van der Waals surface area contributed by atoms with Crippen LogP contribution in [0.5, 0.6) is 0 Å². The van der Waals surface area contributed by atoms with E-state index in [1.165, 1.54) is 0 Å². The zero-order chi connectivity index (χ0) is 11.4. The summed E-state index contributed by atoms with van der Waals surface area (Å²) in [5.41, 5.74) is 1.05. The molecule has 2 aromatic heterocycles. The Morgan fingerprint density at radius 2 is 2.38 bits per heavy atom. The normalized spacial score (nSPS) is 12.9. The van der Waals surface area contributed by atoms with E-state index in [4.69, 9.17) is 4.42 Å². The summed E-state index contributed by atoms with van der Waals surface area (Å²) in [4.78, 5) is 0. The second kappa shape index (κ2) is 4.99. The van der Waals surface area contributed by atoms with Gasteiger partial charge in [0.15, 0.2) is 0 Å². The lowest BCUT2D eigenvalue weighted by Crippen LogP contribution is -2.20. The summed E-state index contributed by atoms with van der Waals surface area (Å²) in [5, 5.41) is 7.75. The number of furan rings is 1. The summed E-state index contributed by atoms with van der Waals surface area (Å²) < 4.78 is 7.20. The summed E-state index contributed by atoms with van der Waals surface area (Å²) in [5.74, 6) is 0.985. The largest absolute Gasteiger partial charge is 0.468 e. The van der Waals surface area contributed by atoms with E-state index >= 15 is 0 Å². The monoisotopic (exact) mass is 219 g/mol. The first-order valence-corrected chi connectivity index (χ1v) is 5.55. The summed E-state index contributed by atoms with van der Waals surface area (Å²) in [7, 11) is 1.92. The predicted octanol–water partition coefficient (Wildman–Crippen LogP) is 2.25.